The Kier molecular flexibility index (Phi) is 3.96. The van der Waals surface area contributed by atoms with Crippen molar-refractivity contribution in [3.63, 3.8) is 0 Å². The molecule has 116 valence electrons. The number of halogens is 1. The molecule has 3 aromatic heterocycles. The van der Waals surface area contributed by atoms with Crippen LogP contribution in [0.4, 0.5) is 0 Å². The lowest BCUT2D eigenvalue weighted by Gasteiger charge is -1.99. The van der Waals surface area contributed by atoms with E-state index in [1.54, 1.807) is 23.1 Å². The maximum Gasteiger partial charge on any atom is 0.237 e. The molecule has 1 aromatic carbocycles. The van der Waals surface area contributed by atoms with E-state index in [0.29, 0.717) is 17.5 Å². The molecular formula is C15H11BrN4OS2. The fraction of sp³-hybridized carbons (Fsp3) is 0.133. The summed E-state index contributed by atoms with van der Waals surface area (Å²) in [6.07, 6.45) is 0. The molecule has 0 radical (unpaired) electrons. The Balaban J connectivity index is 1.52. The third kappa shape index (κ3) is 2.93. The summed E-state index contributed by atoms with van der Waals surface area (Å²) in [4.78, 5) is 10.1. The van der Waals surface area contributed by atoms with E-state index in [1.165, 1.54) is 0 Å². The molecular weight excluding hydrogens is 396 g/mol. The van der Waals surface area contributed by atoms with Crippen LogP contribution in [0, 0.1) is 0 Å². The summed E-state index contributed by atoms with van der Waals surface area (Å²) in [6, 6.07) is 10.1. The van der Waals surface area contributed by atoms with Gasteiger partial charge in [-0.3, -0.25) is 0 Å². The smallest absolute Gasteiger partial charge is 0.237 e. The van der Waals surface area contributed by atoms with E-state index < -0.39 is 0 Å². The maximum atomic E-state index is 5.34. The van der Waals surface area contributed by atoms with Crippen LogP contribution in [0.25, 0.3) is 21.7 Å². The second-order valence-electron chi connectivity index (χ2n) is 4.87. The summed E-state index contributed by atoms with van der Waals surface area (Å²) >= 11 is 6.60. The third-order valence-corrected chi connectivity index (χ3v) is 6.03. The van der Waals surface area contributed by atoms with Crippen LogP contribution < -0.4 is 0 Å². The molecule has 4 aromatic rings. The lowest BCUT2D eigenvalue weighted by molar-refractivity contribution is 0.391. The van der Waals surface area contributed by atoms with Crippen LogP contribution >= 0.6 is 39.0 Å². The quantitative estimate of drug-likeness (QED) is 0.458. The molecule has 0 saturated heterocycles. The Morgan fingerprint density at radius 2 is 2.17 bits per heavy atom. The summed E-state index contributed by atoms with van der Waals surface area (Å²) in [5.41, 5.74) is 2.11. The number of nitrogens with zero attached hydrogens (tertiary/aromatic N) is 4. The lowest BCUT2D eigenvalue weighted by Crippen LogP contribution is -1.91. The molecule has 4 rings (SSSR count). The van der Waals surface area contributed by atoms with Crippen molar-refractivity contribution in [1.82, 2.24) is 19.7 Å². The van der Waals surface area contributed by atoms with Gasteiger partial charge in [-0.15, -0.1) is 11.3 Å². The van der Waals surface area contributed by atoms with Crippen LogP contribution in [0.2, 0.25) is 0 Å². The lowest BCUT2D eigenvalue weighted by atomic mass is 10.3. The second-order valence-corrected chi connectivity index (χ2v) is 7.64. The minimum Gasteiger partial charge on any atom is -0.338 e. The van der Waals surface area contributed by atoms with E-state index >= 15 is 0 Å². The summed E-state index contributed by atoms with van der Waals surface area (Å²) in [6.45, 7) is 0. The highest BCUT2D eigenvalue weighted by Crippen LogP contribution is 2.29. The predicted molar refractivity (Wildman–Crippen MR) is 95.6 cm³/mol. The number of rotatable bonds is 4. The summed E-state index contributed by atoms with van der Waals surface area (Å²) in [5, 5.41) is 6.97. The molecule has 0 saturated carbocycles. The van der Waals surface area contributed by atoms with Crippen molar-refractivity contribution in [3.05, 3.63) is 46.1 Å². The van der Waals surface area contributed by atoms with Gasteiger partial charge in [-0.05, 0) is 34.1 Å². The van der Waals surface area contributed by atoms with Gasteiger partial charge in [0.25, 0.3) is 0 Å². The zero-order valence-electron chi connectivity index (χ0n) is 12.1. The zero-order chi connectivity index (χ0) is 15.8. The Bertz CT molecular complexity index is 975. The van der Waals surface area contributed by atoms with Gasteiger partial charge in [0.05, 0.1) is 21.7 Å². The predicted octanol–water partition coefficient (Wildman–Crippen LogP) is 4.74. The molecule has 0 unspecified atom stereocenters. The fourth-order valence-corrected chi connectivity index (χ4v) is 4.40. The minimum atomic E-state index is 0.594. The number of benzene rings is 1. The highest BCUT2D eigenvalue weighted by atomic mass is 79.9. The first kappa shape index (κ1) is 14.9. The van der Waals surface area contributed by atoms with Crippen molar-refractivity contribution in [3.8, 4) is 10.7 Å². The van der Waals surface area contributed by atoms with Gasteiger partial charge in [-0.1, -0.05) is 29.1 Å². The number of para-hydroxylation sites is 2. The number of thiophene rings is 1. The van der Waals surface area contributed by atoms with E-state index in [-0.39, 0.29) is 0 Å². The number of thioether (sulfide) groups is 1. The topological polar surface area (TPSA) is 56.7 Å². The number of aryl methyl sites for hydroxylation is 1. The van der Waals surface area contributed by atoms with Gasteiger partial charge in [0.2, 0.25) is 11.7 Å². The summed E-state index contributed by atoms with van der Waals surface area (Å²) < 4.78 is 8.44. The Labute approximate surface area is 148 Å². The average molecular weight is 407 g/mol. The largest absolute Gasteiger partial charge is 0.338 e. The average Bonchev–Trinajstić information content (AvgIpc) is 3.25. The van der Waals surface area contributed by atoms with E-state index in [0.717, 1.165) is 25.5 Å². The van der Waals surface area contributed by atoms with E-state index in [9.17, 15) is 0 Å². The van der Waals surface area contributed by atoms with Crippen molar-refractivity contribution in [2.24, 2.45) is 7.05 Å². The molecule has 0 amide bonds. The fourth-order valence-electron chi connectivity index (χ4n) is 2.22. The van der Waals surface area contributed by atoms with Crippen LogP contribution in [-0.4, -0.2) is 19.7 Å². The highest BCUT2D eigenvalue weighted by Gasteiger charge is 2.13. The van der Waals surface area contributed by atoms with Gasteiger partial charge in [-0.25, -0.2) is 4.98 Å². The van der Waals surface area contributed by atoms with Crippen molar-refractivity contribution < 1.29 is 4.52 Å². The van der Waals surface area contributed by atoms with Gasteiger partial charge in [-0.2, -0.15) is 4.98 Å². The Morgan fingerprint density at radius 3 is 2.96 bits per heavy atom. The van der Waals surface area contributed by atoms with Gasteiger partial charge in [0.1, 0.15) is 0 Å². The molecule has 0 aliphatic heterocycles. The highest BCUT2D eigenvalue weighted by molar-refractivity contribution is 9.10. The van der Waals surface area contributed by atoms with Crippen LogP contribution in [-0.2, 0) is 12.8 Å². The second kappa shape index (κ2) is 6.10. The Morgan fingerprint density at radius 1 is 1.30 bits per heavy atom. The number of imidazole rings is 1. The molecule has 0 aliphatic rings. The van der Waals surface area contributed by atoms with Crippen molar-refractivity contribution in [1.29, 1.82) is 0 Å². The molecule has 0 fully saturated rings. The molecule has 0 bridgehead atoms. The van der Waals surface area contributed by atoms with E-state index in [2.05, 4.69) is 41.7 Å². The van der Waals surface area contributed by atoms with Gasteiger partial charge in [0, 0.05) is 16.9 Å². The standard InChI is InChI=1S/C15H11BrN4OS2/c1-20-11-5-3-2-4-10(11)17-15(20)23-8-13-18-14(19-21-13)12-6-9(16)7-22-12/h2-7H,8H2,1H3. The molecule has 8 heteroatoms. The Hall–Kier alpha value is -1.64. The molecule has 0 atom stereocenters. The van der Waals surface area contributed by atoms with Crippen LogP contribution in [0.5, 0.6) is 0 Å². The van der Waals surface area contributed by atoms with E-state index in [4.69, 9.17) is 4.52 Å². The molecule has 0 N–H and O–H groups in total. The van der Waals surface area contributed by atoms with E-state index in [1.807, 2.05) is 36.7 Å². The molecule has 5 nitrogen and oxygen atoms in total. The molecule has 3 heterocycles. The van der Waals surface area contributed by atoms with Crippen LogP contribution in [0.1, 0.15) is 5.89 Å². The van der Waals surface area contributed by atoms with Crippen molar-refractivity contribution >= 4 is 50.1 Å². The molecule has 0 aliphatic carbocycles. The van der Waals surface area contributed by atoms with Gasteiger partial charge in [0.15, 0.2) is 5.16 Å². The normalized spacial score (nSPS) is 11.4. The van der Waals surface area contributed by atoms with Gasteiger partial charge >= 0.3 is 0 Å². The first-order valence-electron chi connectivity index (χ1n) is 6.82. The number of aromatic nitrogens is 4. The molecule has 0 spiro atoms. The SMILES string of the molecule is Cn1c(SCc2nc(-c3cc(Br)cs3)no2)nc2ccccc21. The van der Waals surface area contributed by atoms with Crippen LogP contribution in [0.3, 0.4) is 0 Å². The summed E-state index contributed by atoms with van der Waals surface area (Å²) in [7, 11) is 2.01. The number of hydrogen-bond donors (Lipinski definition) is 0. The zero-order valence-corrected chi connectivity index (χ0v) is 15.3. The van der Waals surface area contributed by atoms with Crippen molar-refractivity contribution in [2.45, 2.75) is 10.9 Å². The van der Waals surface area contributed by atoms with Crippen LogP contribution in [0.15, 0.2) is 49.9 Å². The maximum absolute atomic E-state index is 5.34. The van der Waals surface area contributed by atoms with Crippen molar-refractivity contribution in [2.75, 3.05) is 0 Å². The third-order valence-electron chi connectivity index (χ3n) is 3.33. The monoisotopic (exact) mass is 406 g/mol. The summed E-state index contributed by atoms with van der Waals surface area (Å²) in [5.74, 6) is 1.82. The minimum absolute atomic E-state index is 0.594. The van der Waals surface area contributed by atoms with Gasteiger partial charge < -0.3 is 9.09 Å². The number of fused-ring (bicyclic) bond motifs is 1. The number of hydrogen-bond acceptors (Lipinski definition) is 6. The first-order chi connectivity index (χ1) is 11.2. The molecule has 23 heavy (non-hydrogen) atoms. The first-order valence-corrected chi connectivity index (χ1v) is 9.48.